The lowest BCUT2D eigenvalue weighted by Gasteiger charge is -2.24. The van der Waals surface area contributed by atoms with Crippen LogP contribution < -0.4 is 0 Å². The molecule has 0 aromatic rings. The molecular formula is C32H72O3. The second-order valence-electron chi connectivity index (χ2n) is 11.9. The van der Waals surface area contributed by atoms with Gasteiger partial charge in [0, 0.05) is 14.0 Å². The van der Waals surface area contributed by atoms with Gasteiger partial charge in [-0.2, -0.15) is 0 Å². The maximum atomic E-state index is 5.39. The largest absolute Gasteiger partial charge is 0.378 e. The summed E-state index contributed by atoms with van der Waals surface area (Å²) in [5.74, 6) is 5.45. The predicted octanol–water partition coefficient (Wildman–Crippen LogP) is 10.7. The smallest absolute Gasteiger partial charge is 0.154 e. The van der Waals surface area contributed by atoms with Crippen molar-refractivity contribution in [2.24, 2.45) is 35.5 Å². The molecule has 2 heterocycles. The minimum absolute atomic E-state index is 0. The Hall–Kier alpha value is -0.120. The van der Waals surface area contributed by atoms with Gasteiger partial charge >= 0.3 is 0 Å². The maximum absolute atomic E-state index is 5.39. The highest BCUT2D eigenvalue weighted by molar-refractivity contribution is 4.66. The zero-order valence-corrected chi connectivity index (χ0v) is 23.0. The Bertz CT molecular complexity index is 295. The van der Waals surface area contributed by atoms with Gasteiger partial charge < -0.3 is 14.2 Å². The Labute approximate surface area is 225 Å². The van der Waals surface area contributed by atoms with Gasteiger partial charge in [-0.1, -0.05) is 115 Å². The zero-order chi connectivity index (χ0) is 23.9. The number of hydrogen-bond acceptors (Lipinski definition) is 3. The van der Waals surface area contributed by atoms with Crippen molar-refractivity contribution in [1.82, 2.24) is 0 Å². The van der Waals surface area contributed by atoms with E-state index in [1.165, 1.54) is 64.2 Å². The molecule has 0 amide bonds. The van der Waals surface area contributed by atoms with Crippen LogP contribution in [0.5, 0.6) is 0 Å². The van der Waals surface area contributed by atoms with E-state index >= 15 is 0 Å². The topological polar surface area (TPSA) is 27.7 Å². The van der Waals surface area contributed by atoms with Crippen LogP contribution in [0.1, 0.15) is 143 Å². The lowest BCUT2D eigenvalue weighted by atomic mass is 9.84. The molecule has 0 bridgehead atoms. The van der Waals surface area contributed by atoms with Crippen LogP contribution >= 0.6 is 0 Å². The van der Waals surface area contributed by atoms with Gasteiger partial charge in [0.25, 0.3) is 0 Å². The third-order valence-corrected chi connectivity index (χ3v) is 7.57. The Morgan fingerprint density at radius 2 is 0.657 bits per heavy atom. The number of hydrogen-bond donors (Lipinski definition) is 0. The van der Waals surface area contributed by atoms with Crippen LogP contribution in [-0.4, -0.2) is 32.2 Å². The average molecular weight is 505 g/mol. The van der Waals surface area contributed by atoms with Crippen molar-refractivity contribution >= 4 is 0 Å². The summed E-state index contributed by atoms with van der Waals surface area (Å²) in [6, 6.07) is 0. The summed E-state index contributed by atoms with van der Waals surface area (Å²) in [5.41, 5.74) is 0. The van der Waals surface area contributed by atoms with Crippen molar-refractivity contribution in [3.05, 3.63) is 0 Å². The van der Waals surface area contributed by atoms with Gasteiger partial charge in [-0.25, -0.2) is 0 Å². The molecule has 2 atom stereocenters. The van der Waals surface area contributed by atoms with E-state index in [4.69, 9.17) is 14.2 Å². The van der Waals surface area contributed by atoms with Crippen molar-refractivity contribution in [2.45, 2.75) is 154 Å². The van der Waals surface area contributed by atoms with Crippen molar-refractivity contribution in [3.8, 4) is 0 Å². The first kappa shape index (κ1) is 39.4. The molecule has 0 radical (unpaired) electrons. The van der Waals surface area contributed by atoms with E-state index in [-0.39, 0.29) is 30.0 Å². The van der Waals surface area contributed by atoms with Gasteiger partial charge in [0.05, 0.1) is 19.3 Å². The second kappa shape index (κ2) is 23.0. The Balaban J connectivity index is -0.000000183. The molecule has 2 aliphatic heterocycles. The minimum Gasteiger partial charge on any atom is -0.378 e. The first-order chi connectivity index (χ1) is 15.2. The van der Waals surface area contributed by atoms with Gasteiger partial charge in [0.1, 0.15) is 0 Å². The van der Waals surface area contributed by atoms with Crippen molar-refractivity contribution in [1.29, 1.82) is 0 Å². The summed E-state index contributed by atoms with van der Waals surface area (Å²) in [5, 5.41) is 0. The molecule has 2 saturated heterocycles. The molecule has 2 saturated carbocycles. The van der Waals surface area contributed by atoms with Crippen LogP contribution in [-0.2, 0) is 14.2 Å². The molecule has 3 heteroatoms. The normalized spacial score (nSPS) is 36.3. The molecule has 4 aliphatic rings. The monoisotopic (exact) mass is 505 g/mol. The fourth-order valence-corrected chi connectivity index (χ4v) is 4.56. The molecule has 0 aromatic heterocycles. The predicted molar refractivity (Wildman–Crippen MR) is 160 cm³/mol. The molecule has 35 heavy (non-hydrogen) atoms. The van der Waals surface area contributed by atoms with E-state index in [1.54, 1.807) is 0 Å². The van der Waals surface area contributed by atoms with Crippen molar-refractivity contribution < 1.29 is 15.6 Å². The van der Waals surface area contributed by atoms with Gasteiger partial charge in [0.15, 0.2) is 6.29 Å². The average Bonchev–Trinajstić information content (AvgIpc) is 2.78. The summed E-state index contributed by atoms with van der Waals surface area (Å²) in [4.78, 5) is 0. The highest BCUT2D eigenvalue weighted by Gasteiger charge is 2.15. The van der Waals surface area contributed by atoms with Gasteiger partial charge in [-0.05, 0) is 56.3 Å². The first-order valence-electron chi connectivity index (χ1n) is 14.0. The summed E-state index contributed by atoms with van der Waals surface area (Å²) < 4.78 is 15.7. The van der Waals surface area contributed by atoms with Crippen LogP contribution in [0.4, 0.5) is 0 Å². The minimum atomic E-state index is 0. The van der Waals surface area contributed by atoms with E-state index in [1.807, 2.05) is 6.92 Å². The van der Waals surface area contributed by atoms with Gasteiger partial charge in [0.2, 0.25) is 0 Å². The molecule has 2 unspecified atom stereocenters. The van der Waals surface area contributed by atoms with E-state index in [0.717, 1.165) is 49.4 Å². The van der Waals surface area contributed by atoms with Crippen LogP contribution in [0.2, 0.25) is 0 Å². The lowest BCUT2D eigenvalue weighted by molar-refractivity contribution is -0.187. The molecular weight excluding hydrogens is 432 g/mol. The first-order valence-corrected chi connectivity index (χ1v) is 14.0. The zero-order valence-electron chi connectivity index (χ0n) is 23.0. The molecule has 0 spiro atoms. The standard InChI is InChI=1S/2C8H16.C7H14O.C6H12O2.3CH4.H2/c2*1-7-3-5-8(2)6-4-7;1-6-3-4-7(2)8-5-6;1-5-3-7-6(2)8-4-5;;;;/h2*7-8H,3-6H2,1-2H3;6-7H,3-5H2,1-2H3;5-6H,3-4H2,1-2H3;3*1H4;1H. The second-order valence-corrected chi connectivity index (χ2v) is 11.9. The van der Waals surface area contributed by atoms with Crippen LogP contribution in [0, 0.1) is 35.5 Å². The highest BCUT2D eigenvalue weighted by Crippen LogP contribution is 2.28. The molecule has 4 fully saturated rings. The molecule has 0 aromatic carbocycles. The van der Waals surface area contributed by atoms with E-state index < -0.39 is 0 Å². The van der Waals surface area contributed by atoms with Crippen molar-refractivity contribution in [2.75, 3.05) is 19.8 Å². The third kappa shape index (κ3) is 21.7. The fraction of sp³-hybridized carbons (Fsp3) is 1.00. The maximum Gasteiger partial charge on any atom is 0.154 e. The lowest BCUT2D eigenvalue weighted by Crippen LogP contribution is -2.27. The quantitative estimate of drug-likeness (QED) is 0.328. The Kier molecular flexibility index (Phi) is 25.9. The highest BCUT2D eigenvalue weighted by atomic mass is 16.7. The molecule has 4 rings (SSSR count). The SMILES string of the molecule is C.C.C.CC1CCC(C)CC1.CC1CCC(C)CC1.CC1CCC(C)OC1.CC1COC(C)OC1.[HH]. The molecule has 218 valence electrons. The summed E-state index contributed by atoms with van der Waals surface area (Å²) in [7, 11) is 0. The van der Waals surface area contributed by atoms with E-state index in [2.05, 4.69) is 48.5 Å². The molecule has 3 nitrogen and oxygen atoms in total. The Morgan fingerprint density at radius 1 is 0.371 bits per heavy atom. The summed E-state index contributed by atoms with van der Waals surface area (Å²) >= 11 is 0. The fourth-order valence-electron chi connectivity index (χ4n) is 4.56. The van der Waals surface area contributed by atoms with E-state index in [9.17, 15) is 0 Å². The third-order valence-electron chi connectivity index (χ3n) is 7.57. The summed E-state index contributed by atoms with van der Waals surface area (Å²) in [6.07, 6.45) is 14.9. The molecule has 0 N–H and O–H groups in total. The summed E-state index contributed by atoms with van der Waals surface area (Å²) in [6.45, 7) is 20.6. The number of ether oxygens (including phenoxy) is 3. The number of rotatable bonds is 0. The van der Waals surface area contributed by atoms with Crippen LogP contribution in [0.25, 0.3) is 0 Å². The van der Waals surface area contributed by atoms with Gasteiger partial charge in [-0.3, -0.25) is 0 Å². The van der Waals surface area contributed by atoms with Crippen molar-refractivity contribution in [3.63, 3.8) is 0 Å². The van der Waals surface area contributed by atoms with Crippen LogP contribution in [0.15, 0.2) is 0 Å². The van der Waals surface area contributed by atoms with Gasteiger partial charge in [-0.15, -0.1) is 0 Å². The van der Waals surface area contributed by atoms with Crippen LogP contribution in [0.3, 0.4) is 0 Å². The van der Waals surface area contributed by atoms with E-state index in [0.29, 0.717) is 12.0 Å². The molecule has 2 aliphatic carbocycles. The Morgan fingerprint density at radius 3 is 0.886 bits per heavy atom.